The lowest BCUT2D eigenvalue weighted by Crippen LogP contribution is -2.41. The number of imide groups is 1. The van der Waals surface area contributed by atoms with E-state index < -0.39 is 17.5 Å². The monoisotopic (exact) mass is 458 g/mol. The average molecular weight is 459 g/mol. The lowest BCUT2D eigenvalue weighted by Gasteiger charge is -2.22. The van der Waals surface area contributed by atoms with Gasteiger partial charge in [-0.2, -0.15) is 5.26 Å². The molecule has 2 aliphatic rings. The molecule has 1 aliphatic heterocycles. The van der Waals surface area contributed by atoms with E-state index in [9.17, 15) is 14.4 Å². The van der Waals surface area contributed by atoms with E-state index in [1.165, 1.54) is 18.4 Å². The zero-order valence-corrected chi connectivity index (χ0v) is 20.0. The van der Waals surface area contributed by atoms with Crippen LogP contribution in [-0.4, -0.2) is 33.7 Å². The van der Waals surface area contributed by atoms with Crippen molar-refractivity contribution in [1.82, 2.24) is 14.8 Å². The molecule has 176 valence electrons. The number of amides is 3. The van der Waals surface area contributed by atoms with E-state index in [0.717, 1.165) is 42.1 Å². The maximum absolute atomic E-state index is 13.2. The van der Waals surface area contributed by atoms with Crippen molar-refractivity contribution >= 4 is 17.7 Å². The first-order valence-electron chi connectivity index (χ1n) is 11.8. The Morgan fingerprint density at radius 1 is 1.18 bits per heavy atom. The zero-order valence-electron chi connectivity index (χ0n) is 20.0. The van der Waals surface area contributed by atoms with E-state index in [1.807, 2.05) is 26.0 Å². The van der Waals surface area contributed by atoms with Gasteiger partial charge in [0.25, 0.3) is 5.91 Å². The topological polar surface area (TPSA) is 95.2 Å². The molecular formula is C27H30N4O3. The number of ketones is 1. The van der Waals surface area contributed by atoms with Gasteiger partial charge in [0.15, 0.2) is 5.78 Å². The minimum Gasteiger partial charge on any atom is -0.348 e. The van der Waals surface area contributed by atoms with Crippen LogP contribution in [-0.2, 0) is 16.9 Å². The van der Waals surface area contributed by atoms with E-state index in [-0.39, 0.29) is 12.3 Å². The van der Waals surface area contributed by atoms with Crippen LogP contribution in [0.2, 0.25) is 0 Å². The van der Waals surface area contributed by atoms with Gasteiger partial charge in [-0.25, -0.2) is 4.79 Å². The molecule has 34 heavy (non-hydrogen) atoms. The van der Waals surface area contributed by atoms with Gasteiger partial charge in [-0.1, -0.05) is 23.8 Å². The Morgan fingerprint density at radius 2 is 1.91 bits per heavy atom. The molecule has 7 heteroatoms. The second kappa shape index (κ2) is 9.30. The number of nitriles is 1. The molecular weight excluding hydrogens is 428 g/mol. The van der Waals surface area contributed by atoms with Gasteiger partial charge in [0.05, 0.1) is 18.2 Å². The lowest BCUT2D eigenvalue weighted by atomic mass is 9.91. The van der Waals surface area contributed by atoms with Gasteiger partial charge in [-0.3, -0.25) is 14.5 Å². The summed E-state index contributed by atoms with van der Waals surface area (Å²) in [5.74, 6) is -0.739. The minimum atomic E-state index is -1.28. The Bertz CT molecular complexity index is 1220. The average Bonchev–Trinajstić information content (AvgIpc) is 3.25. The molecule has 1 atom stereocenters. The van der Waals surface area contributed by atoms with Crippen molar-refractivity contribution in [1.29, 1.82) is 5.26 Å². The summed E-state index contributed by atoms with van der Waals surface area (Å²) in [6, 6.07) is 9.80. The standard InChI is InChI=1S/C27H30N4O3/c1-18-15-23(19(2)30(18)14-13-20-7-5-4-6-8-20)24(32)17-31-25(33)27(3,29-26(31)34)22-11-9-21(16-28)10-12-22/h7,9-12,15H,4-6,8,13-14,17H2,1-3H3,(H,29,34). The number of nitrogens with zero attached hydrogens (tertiary/aromatic N) is 3. The van der Waals surface area contributed by atoms with E-state index >= 15 is 0 Å². The Labute approximate surface area is 200 Å². The van der Waals surface area contributed by atoms with Gasteiger partial charge in [-0.05, 0) is 76.6 Å². The highest BCUT2D eigenvalue weighted by Gasteiger charge is 2.49. The molecule has 1 aromatic heterocycles. The van der Waals surface area contributed by atoms with Gasteiger partial charge < -0.3 is 9.88 Å². The van der Waals surface area contributed by atoms with Gasteiger partial charge in [0.1, 0.15) is 5.54 Å². The van der Waals surface area contributed by atoms with Gasteiger partial charge in [-0.15, -0.1) is 0 Å². The Hall–Kier alpha value is -3.66. The third-order valence-corrected chi connectivity index (χ3v) is 7.08. The Kier molecular flexibility index (Phi) is 6.43. The van der Waals surface area contributed by atoms with Crippen molar-refractivity contribution in [3.63, 3.8) is 0 Å². The Morgan fingerprint density at radius 3 is 2.56 bits per heavy atom. The highest BCUT2D eigenvalue weighted by molar-refractivity contribution is 6.11. The highest BCUT2D eigenvalue weighted by Crippen LogP contribution is 2.30. The predicted molar refractivity (Wildman–Crippen MR) is 128 cm³/mol. The molecule has 1 N–H and O–H groups in total. The molecule has 1 saturated heterocycles. The second-order valence-corrected chi connectivity index (χ2v) is 9.35. The van der Waals surface area contributed by atoms with Crippen molar-refractivity contribution in [2.75, 3.05) is 6.54 Å². The van der Waals surface area contributed by atoms with Crippen molar-refractivity contribution in [3.8, 4) is 6.07 Å². The summed E-state index contributed by atoms with van der Waals surface area (Å²) in [6.45, 7) is 6.02. The van der Waals surface area contributed by atoms with Crippen LogP contribution in [0, 0.1) is 25.2 Å². The molecule has 2 heterocycles. The van der Waals surface area contributed by atoms with Crippen molar-refractivity contribution in [2.24, 2.45) is 0 Å². The molecule has 3 amide bonds. The predicted octanol–water partition coefficient (Wildman–Crippen LogP) is 4.52. The number of nitrogens with one attached hydrogen (secondary N) is 1. The molecule has 2 aromatic rings. The third kappa shape index (κ3) is 4.28. The number of rotatable bonds is 7. The molecule has 1 aromatic carbocycles. The largest absolute Gasteiger partial charge is 0.348 e. The lowest BCUT2D eigenvalue weighted by molar-refractivity contribution is -0.130. The fourth-order valence-electron chi connectivity index (χ4n) is 4.96. The quantitative estimate of drug-likeness (QED) is 0.375. The molecule has 0 radical (unpaired) electrons. The van der Waals surface area contributed by atoms with E-state index in [2.05, 4.69) is 16.0 Å². The van der Waals surface area contributed by atoms with Crippen LogP contribution in [0.3, 0.4) is 0 Å². The normalized spacial score (nSPS) is 20.2. The molecule has 0 saturated carbocycles. The van der Waals surface area contributed by atoms with E-state index in [0.29, 0.717) is 16.7 Å². The number of hydrogen-bond acceptors (Lipinski definition) is 4. The molecule has 7 nitrogen and oxygen atoms in total. The number of urea groups is 1. The molecule has 0 bridgehead atoms. The summed E-state index contributed by atoms with van der Waals surface area (Å²) in [6.07, 6.45) is 8.11. The van der Waals surface area contributed by atoms with E-state index in [1.54, 1.807) is 31.2 Å². The fourth-order valence-corrected chi connectivity index (χ4v) is 4.96. The zero-order chi connectivity index (χ0) is 24.5. The SMILES string of the molecule is Cc1cc(C(=O)CN2C(=O)NC(C)(c3ccc(C#N)cc3)C2=O)c(C)n1CCC1=CCCCC1. The second-order valence-electron chi connectivity index (χ2n) is 9.35. The first kappa shape index (κ1) is 23.5. The summed E-state index contributed by atoms with van der Waals surface area (Å²) in [5.41, 5.74) is 3.63. The van der Waals surface area contributed by atoms with E-state index in [4.69, 9.17) is 5.26 Å². The number of benzene rings is 1. The first-order valence-corrected chi connectivity index (χ1v) is 11.8. The number of aryl methyl sites for hydroxylation is 1. The van der Waals surface area contributed by atoms with Crippen molar-refractivity contribution in [2.45, 2.75) is 65.0 Å². The Balaban J connectivity index is 1.49. The van der Waals surface area contributed by atoms with Gasteiger partial charge in [0, 0.05) is 23.5 Å². The van der Waals surface area contributed by atoms with Crippen LogP contribution in [0.15, 0.2) is 42.0 Å². The molecule has 1 unspecified atom stereocenters. The molecule has 1 fully saturated rings. The van der Waals surface area contributed by atoms with Crippen LogP contribution < -0.4 is 5.32 Å². The summed E-state index contributed by atoms with van der Waals surface area (Å²) in [7, 11) is 0. The van der Waals surface area contributed by atoms with Crippen molar-refractivity contribution in [3.05, 3.63) is 70.1 Å². The summed E-state index contributed by atoms with van der Waals surface area (Å²) in [5, 5.41) is 11.7. The molecule has 4 rings (SSSR count). The van der Waals surface area contributed by atoms with Crippen LogP contribution in [0.4, 0.5) is 4.79 Å². The van der Waals surface area contributed by atoms with Crippen LogP contribution in [0.1, 0.15) is 71.9 Å². The number of Topliss-reactive ketones (excluding diaryl/α,β-unsaturated/α-hetero) is 1. The van der Waals surface area contributed by atoms with Crippen molar-refractivity contribution < 1.29 is 14.4 Å². The first-order chi connectivity index (χ1) is 16.2. The summed E-state index contributed by atoms with van der Waals surface area (Å²) >= 11 is 0. The molecule has 1 aliphatic carbocycles. The van der Waals surface area contributed by atoms with Crippen LogP contribution in [0.5, 0.6) is 0 Å². The van der Waals surface area contributed by atoms with Crippen LogP contribution in [0.25, 0.3) is 0 Å². The van der Waals surface area contributed by atoms with Crippen LogP contribution >= 0.6 is 0 Å². The number of hydrogen-bond donors (Lipinski definition) is 1. The van der Waals surface area contributed by atoms with Gasteiger partial charge >= 0.3 is 6.03 Å². The minimum absolute atomic E-state index is 0.260. The maximum atomic E-state index is 13.2. The number of allylic oxidation sites excluding steroid dienone is 2. The number of carbonyl (C=O) groups is 3. The summed E-state index contributed by atoms with van der Waals surface area (Å²) in [4.78, 5) is 40.1. The number of aromatic nitrogens is 1. The highest BCUT2D eigenvalue weighted by atomic mass is 16.2. The molecule has 0 spiro atoms. The maximum Gasteiger partial charge on any atom is 0.325 e. The third-order valence-electron chi connectivity index (χ3n) is 7.08. The van der Waals surface area contributed by atoms with Gasteiger partial charge in [0.2, 0.25) is 0 Å². The summed E-state index contributed by atoms with van der Waals surface area (Å²) < 4.78 is 2.15. The fraction of sp³-hybridized carbons (Fsp3) is 0.407. The smallest absolute Gasteiger partial charge is 0.325 e. The number of carbonyl (C=O) groups excluding carboxylic acids is 3.